The molecule has 0 saturated heterocycles. The Hall–Kier alpha value is -2.77. The number of nitrogens with zero attached hydrogens (tertiary/aromatic N) is 1. The predicted molar refractivity (Wildman–Crippen MR) is 95.5 cm³/mol. The summed E-state index contributed by atoms with van der Waals surface area (Å²) >= 11 is 1.60. The Morgan fingerprint density at radius 2 is 1.74 bits per heavy atom. The Bertz CT molecular complexity index is 846. The lowest BCUT2D eigenvalue weighted by Gasteiger charge is -2.06. The van der Waals surface area contributed by atoms with Crippen molar-refractivity contribution in [3.63, 3.8) is 0 Å². The number of hydrogen-bond donors (Lipinski definition) is 1. The molecule has 0 aliphatic rings. The molecule has 4 heteroatoms. The quantitative estimate of drug-likeness (QED) is 0.705. The number of aryl methyl sites for hydroxylation is 1. The molecule has 0 saturated carbocycles. The van der Waals surface area contributed by atoms with Gasteiger partial charge in [0.15, 0.2) is 0 Å². The van der Waals surface area contributed by atoms with Crippen molar-refractivity contribution in [2.24, 2.45) is 0 Å². The lowest BCUT2D eigenvalue weighted by molar-refractivity contribution is 0.415. The molecule has 2 aromatic carbocycles. The van der Waals surface area contributed by atoms with Crippen molar-refractivity contribution in [3.8, 4) is 22.9 Å². The van der Waals surface area contributed by atoms with E-state index in [2.05, 4.69) is 11.4 Å². The Labute approximate surface area is 139 Å². The number of anilines is 2. The minimum Gasteiger partial charge on any atom is -0.497 e. The van der Waals surface area contributed by atoms with E-state index in [1.165, 1.54) is 0 Å². The maximum atomic E-state index is 9.64. The standard InChI is InChI=1S/C19H16N2OS/c1-13-18(14-8-10-16(22-2)11-9-14)17(12-20)19(23-13)21-15-6-4-3-5-7-15/h3-11,21H,1-2H3. The number of nitrogens with one attached hydrogen (secondary N) is 1. The highest BCUT2D eigenvalue weighted by molar-refractivity contribution is 7.17. The molecule has 0 fully saturated rings. The molecule has 3 nitrogen and oxygen atoms in total. The number of nitriles is 1. The van der Waals surface area contributed by atoms with Crippen molar-refractivity contribution in [2.75, 3.05) is 12.4 Å². The zero-order valence-corrected chi connectivity index (χ0v) is 13.8. The van der Waals surface area contributed by atoms with Crippen molar-refractivity contribution < 1.29 is 4.74 Å². The van der Waals surface area contributed by atoms with E-state index in [9.17, 15) is 5.26 Å². The van der Waals surface area contributed by atoms with Crippen LogP contribution in [0.1, 0.15) is 10.4 Å². The van der Waals surface area contributed by atoms with Gasteiger partial charge in [-0.15, -0.1) is 11.3 Å². The maximum Gasteiger partial charge on any atom is 0.118 e. The summed E-state index contributed by atoms with van der Waals surface area (Å²) in [6.45, 7) is 2.04. The summed E-state index contributed by atoms with van der Waals surface area (Å²) in [6.07, 6.45) is 0. The summed E-state index contributed by atoms with van der Waals surface area (Å²) in [5, 5.41) is 13.9. The van der Waals surface area contributed by atoms with E-state index in [0.29, 0.717) is 5.56 Å². The van der Waals surface area contributed by atoms with Gasteiger partial charge in [0.25, 0.3) is 0 Å². The molecule has 1 aromatic heterocycles. The van der Waals surface area contributed by atoms with Crippen molar-refractivity contribution in [2.45, 2.75) is 6.92 Å². The lowest BCUT2D eigenvalue weighted by Crippen LogP contribution is -1.90. The first-order valence-electron chi connectivity index (χ1n) is 7.23. The second-order valence-electron chi connectivity index (χ2n) is 5.07. The number of para-hydroxylation sites is 1. The van der Waals surface area contributed by atoms with E-state index in [0.717, 1.165) is 32.4 Å². The topological polar surface area (TPSA) is 45.0 Å². The average Bonchev–Trinajstić information content (AvgIpc) is 2.91. The SMILES string of the molecule is COc1ccc(-c2c(C)sc(Nc3ccccc3)c2C#N)cc1. The van der Waals surface area contributed by atoms with Gasteiger partial charge in [-0.1, -0.05) is 30.3 Å². The third-order valence-electron chi connectivity index (χ3n) is 3.61. The fraction of sp³-hybridized carbons (Fsp3) is 0.105. The van der Waals surface area contributed by atoms with Crippen molar-refractivity contribution in [1.82, 2.24) is 0 Å². The Kier molecular flexibility index (Phi) is 4.31. The summed E-state index contributed by atoms with van der Waals surface area (Å²) in [5.41, 5.74) is 3.67. The maximum absolute atomic E-state index is 9.64. The van der Waals surface area contributed by atoms with Crippen molar-refractivity contribution >= 4 is 22.0 Å². The first kappa shape index (κ1) is 15.1. The third kappa shape index (κ3) is 3.05. The first-order chi connectivity index (χ1) is 11.2. The van der Waals surface area contributed by atoms with E-state index < -0.39 is 0 Å². The second-order valence-corrected chi connectivity index (χ2v) is 6.29. The highest BCUT2D eigenvalue weighted by Gasteiger charge is 2.17. The van der Waals surface area contributed by atoms with Gasteiger partial charge in [0.05, 0.1) is 12.7 Å². The minimum atomic E-state index is 0.682. The molecule has 1 heterocycles. The number of ether oxygens (including phenoxy) is 1. The van der Waals surface area contributed by atoms with Crippen LogP contribution in [0.25, 0.3) is 11.1 Å². The fourth-order valence-corrected chi connectivity index (χ4v) is 3.54. The van der Waals surface area contributed by atoms with Crippen LogP contribution in [-0.2, 0) is 0 Å². The summed E-state index contributed by atoms with van der Waals surface area (Å²) in [6, 6.07) is 20.0. The van der Waals surface area contributed by atoms with Crippen LogP contribution in [0.3, 0.4) is 0 Å². The van der Waals surface area contributed by atoms with Crippen LogP contribution >= 0.6 is 11.3 Å². The molecule has 0 radical (unpaired) electrons. The molecule has 0 atom stereocenters. The molecular weight excluding hydrogens is 304 g/mol. The number of rotatable bonds is 4. The van der Waals surface area contributed by atoms with Gasteiger partial charge in [0.2, 0.25) is 0 Å². The van der Waals surface area contributed by atoms with Crippen LogP contribution in [0.4, 0.5) is 10.7 Å². The Morgan fingerprint density at radius 3 is 2.35 bits per heavy atom. The number of thiophene rings is 1. The zero-order valence-electron chi connectivity index (χ0n) is 13.0. The van der Waals surface area contributed by atoms with Crippen LogP contribution in [0.2, 0.25) is 0 Å². The number of benzene rings is 2. The normalized spacial score (nSPS) is 10.1. The van der Waals surface area contributed by atoms with Gasteiger partial charge >= 0.3 is 0 Å². The molecular formula is C19H16N2OS. The largest absolute Gasteiger partial charge is 0.497 e. The van der Waals surface area contributed by atoms with Crippen LogP contribution in [0.5, 0.6) is 5.75 Å². The molecule has 0 aliphatic carbocycles. The molecule has 1 N–H and O–H groups in total. The molecule has 23 heavy (non-hydrogen) atoms. The molecule has 114 valence electrons. The summed E-state index contributed by atoms with van der Waals surface area (Å²) in [5.74, 6) is 0.808. The highest BCUT2D eigenvalue weighted by Crippen LogP contribution is 2.40. The average molecular weight is 320 g/mol. The van der Waals surface area contributed by atoms with Gasteiger partial charge in [0, 0.05) is 16.1 Å². The molecule has 3 aromatic rings. The van der Waals surface area contributed by atoms with Gasteiger partial charge in [-0.05, 0) is 36.8 Å². The number of methoxy groups -OCH3 is 1. The molecule has 0 spiro atoms. The summed E-state index contributed by atoms with van der Waals surface area (Å²) < 4.78 is 5.20. The van der Waals surface area contributed by atoms with E-state index in [1.54, 1.807) is 18.4 Å². The predicted octanol–water partition coefficient (Wildman–Crippen LogP) is 5.35. The molecule has 0 amide bonds. The summed E-state index contributed by atoms with van der Waals surface area (Å²) in [4.78, 5) is 1.12. The van der Waals surface area contributed by atoms with Crippen LogP contribution in [0, 0.1) is 18.3 Å². The monoisotopic (exact) mass is 320 g/mol. The molecule has 0 aliphatic heterocycles. The zero-order chi connectivity index (χ0) is 16.2. The van der Waals surface area contributed by atoms with Gasteiger partial charge in [0.1, 0.15) is 16.8 Å². The fourth-order valence-electron chi connectivity index (χ4n) is 2.50. The summed E-state index contributed by atoms with van der Waals surface area (Å²) in [7, 11) is 1.65. The highest BCUT2D eigenvalue weighted by atomic mass is 32.1. The van der Waals surface area contributed by atoms with Crippen LogP contribution < -0.4 is 10.1 Å². The van der Waals surface area contributed by atoms with Gasteiger partial charge in [-0.3, -0.25) is 0 Å². The van der Waals surface area contributed by atoms with Crippen molar-refractivity contribution in [3.05, 3.63) is 65.0 Å². The van der Waals surface area contributed by atoms with Gasteiger partial charge in [-0.2, -0.15) is 5.26 Å². The van der Waals surface area contributed by atoms with Crippen LogP contribution in [0.15, 0.2) is 54.6 Å². The van der Waals surface area contributed by atoms with Crippen molar-refractivity contribution in [1.29, 1.82) is 5.26 Å². The smallest absolute Gasteiger partial charge is 0.118 e. The molecule has 3 rings (SSSR count). The van der Waals surface area contributed by atoms with E-state index in [4.69, 9.17) is 4.74 Å². The van der Waals surface area contributed by atoms with E-state index in [-0.39, 0.29) is 0 Å². The second kappa shape index (κ2) is 6.55. The Morgan fingerprint density at radius 1 is 1.04 bits per heavy atom. The van der Waals surface area contributed by atoms with Crippen LogP contribution in [-0.4, -0.2) is 7.11 Å². The molecule has 0 unspecified atom stereocenters. The van der Waals surface area contributed by atoms with E-state index in [1.807, 2.05) is 61.5 Å². The van der Waals surface area contributed by atoms with Gasteiger partial charge in [-0.25, -0.2) is 0 Å². The number of hydrogen-bond acceptors (Lipinski definition) is 4. The van der Waals surface area contributed by atoms with E-state index >= 15 is 0 Å². The van der Waals surface area contributed by atoms with Gasteiger partial charge < -0.3 is 10.1 Å². The lowest BCUT2D eigenvalue weighted by atomic mass is 10.0. The first-order valence-corrected chi connectivity index (χ1v) is 8.04. The third-order valence-corrected chi connectivity index (χ3v) is 4.63. The Balaban J connectivity index is 2.02. The molecule has 0 bridgehead atoms. The minimum absolute atomic E-state index is 0.682.